The summed E-state index contributed by atoms with van der Waals surface area (Å²) in [5, 5.41) is 7.46. The number of halogens is 3. The number of hydrogen-bond acceptors (Lipinski definition) is 9. The topological polar surface area (TPSA) is 89.4 Å². The summed E-state index contributed by atoms with van der Waals surface area (Å²) in [6.45, 7) is 0.611. The fraction of sp³-hybridized carbons (Fsp3) is 0.243. The Morgan fingerprint density at radius 2 is 1.22 bits per heavy atom. The first-order valence-electron chi connectivity index (χ1n) is 16.3. The lowest BCUT2D eigenvalue weighted by molar-refractivity contribution is 0.700. The van der Waals surface area contributed by atoms with E-state index in [9.17, 15) is 0 Å². The summed E-state index contributed by atoms with van der Waals surface area (Å²) < 4.78 is 0. The van der Waals surface area contributed by atoms with E-state index in [-0.39, 0.29) is 0 Å². The van der Waals surface area contributed by atoms with Gasteiger partial charge in [-0.05, 0) is 104 Å². The summed E-state index contributed by atoms with van der Waals surface area (Å²) in [7, 11) is 0. The van der Waals surface area contributed by atoms with E-state index in [1.54, 1.807) is 47.5 Å². The molecule has 0 aliphatic heterocycles. The quantitative estimate of drug-likeness (QED) is 0.176. The number of nitrogens with one attached hydrogen (secondary N) is 1. The Kier molecular flexibility index (Phi) is 9.44. The minimum absolute atomic E-state index is 0.558. The third kappa shape index (κ3) is 6.75. The monoisotopic (exact) mass is 741 g/mol. The van der Waals surface area contributed by atoms with Crippen molar-refractivity contribution >= 4 is 83.7 Å². The fourth-order valence-electron chi connectivity index (χ4n) is 6.48. The number of anilines is 1. The molecule has 6 aromatic heterocycles. The van der Waals surface area contributed by atoms with Crippen LogP contribution in [-0.4, -0.2) is 29.9 Å². The number of aromatic nitrogens is 6. The van der Waals surface area contributed by atoms with Crippen LogP contribution in [0.4, 0.5) is 5.82 Å². The highest BCUT2D eigenvalue weighted by Crippen LogP contribution is 2.41. The fourth-order valence-corrected chi connectivity index (χ4v) is 9.66. The molecule has 0 fully saturated rings. The molecular formula is C37H30Cl3N7S2. The molecule has 2 aliphatic rings. The Morgan fingerprint density at radius 3 is 1.84 bits per heavy atom. The molecule has 0 bridgehead atoms. The maximum absolute atomic E-state index is 6.43. The zero-order chi connectivity index (χ0) is 33.3. The molecule has 12 heteroatoms. The number of fused-ring (bicyclic) bond motifs is 6. The van der Waals surface area contributed by atoms with Gasteiger partial charge in [-0.2, -0.15) is 0 Å². The molecule has 9 rings (SSSR count). The Hall–Kier alpha value is -3.73. The SMILES string of the molecule is Clc1ccc(CNc2nc(-c3cccnc3)nc3sc4c(c23)CCCC4)cc1Cl.Clc1nc(-c2cccnc2)nc2sc3c(c12)CCCC3. The number of nitrogens with zero attached hydrogens (tertiary/aromatic N) is 6. The van der Waals surface area contributed by atoms with Crippen molar-refractivity contribution in [1.82, 2.24) is 29.9 Å². The van der Waals surface area contributed by atoms with Crippen molar-refractivity contribution in [3.8, 4) is 22.8 Å². The molecular weight excluding hydrogens is 713 g/mol. The Balaban J connectivity index is 0.000000152. The number of rotatable bonds is 5. The number of hydrogen-bond donors (Lipinski definition) is 1. The molecule has 7 aromatic rings. The molecule has 0 unspecified atom stereocenters. The van der Waals surface area contributed by atoms with Gasteiger partial charge < -0.3 is 5.32 Å². The van der Waals surface area contributed by atoms with Gasteiger partial charge in [-0.25, -0.2) is 19.9 Å². The summed E-state index contributed by atoms with van der Waals surface area (Å²) in [6, 6.07) is 13.4. The Bertz CT molecular complexity index is 2290. The smallest absolute Gasteiger partial charge is 0.164 e. The largest absolute Gasteiger partial charge is 0.365 e. The van der Waals surface area contributed by atoms with Crippen LogP contribution in [0.3, 0.4) is 0 Å². The Morgan fingerprint density at radius 1 is 0.633 bits per heavy atom. The first-order valence-corrected chi connectivity index (χ1v) is 19.1. The Labute approximate surface area is 306 Å². The summed E-state index contributed by atoms with van der Waals surface area (Å²) in [5.74, 6) is 2.23. The lowest BCUT2D eigenvalue weighted by Gasteiger charge is -2.13. The van der Waals surface area contributed by atoms with Gasteiger partial charge >= 0.3 is 0 Å². The predicted molar refractivity (Wildman–Crippen MR) is 203 cm³/mol. The molecule has 0 spiro atoms. The molecule has 0 saturated carbocycles. The van der Waals surface area contributed by atoms with E-state index in [2.05, 4.69) is 20.3 Å². The third-order valence-electron chi connectivity index (χ3n) is 8.87. The second-order valence-corrected chi connectivity index (χ2v) is 15.4. The average Bonchev–Trinajstić information content (AvgIpc) is 3.72. The van der Waals surface area contributed by atoms with Crippen LogP contribution in [0.15, 0.2) is 67.3 Å². The van der Waals surface area contributed by atoms with Crippen LogP contribution in [-0.2, 0) is 32.2 Å². The van der Waals surface area contributed by atoms with Crippen molar-refractivity contribution in [3.63, 3.8) is 0 Å². The molecule has 246 valence electrons. The number of aryl methyl sites for hydroxylation is 4. The van der Waals surface area contributed by atoms with E-state index in [4.69, 9.17) is 49.8 Å². The van der Waals surface area contributed by atoms with E-state index >= 15 is 0 Å². The van der Waals surface area contributed by atoms with Gasteiger partial charge in [0.25, 0.3) is 0 Å². The van der Waals surface area contributed by atoms with Crippen LogP contribution in [0, 0.1) is 0 Å². The van der Waals surface area contributed by atoms with E-state index in [1.165, 1.54) is 46.6 Å². The van der Waals surface area contributed by atoms with Crippen LogP contribution in [0.25, 0.3) is 43.2 Å². The highest BCUT2D eigenvalue weighted by Gasteiger charge is 2.23. The van der Waals surface area contributed by atoms with Gasteiger partial charge in [-0.15, -0.1) is 22.7 Å². The van der Waals surface area contributed by atoms with Gasteiger partial charge in [0.05, 0.1) is 20.8 Å². The second kappa shape index (κ2) is 14.2. The molecule has 6 heterocycles. The number of pyridine rings is 2. The standard InChI is InChI=1S/C22H18Cl2N4S.C15H12ClN3S/c23-16-8-7-13(10-17(16)24)11-26-21-19-15-5-1-2-6-18(15)29-22(19)28-20(27-21)14-4-3-9-25-12-14;16-13-12-10-5-1-2-6-11(10)20-15(12)19-14(18-13)9-4-3-7-17-8-9/h3-4,7-10,12H,1-2,5-6,11H2,(H,26,27,28);3-4,7-8H,1-2,5-6H2. The van der Waals surface area contributed by atoms with E-state index < -0.39 is 0 Å². The second-order valence-electron chi connectivity index (χ2n) is 12.1. The highest BCUT2D eigenvalue weighted by atomic mass is 35.5. The molecule has 2 aliphatic carbocycles. The number of benzene rings is 1. The molecule has 1 aromatic carbocycles. The van der Waals surface area contributed by atoms with Crippen molar-refractivity contribution in [3.05, 3.63) is 109 Å². The zero-order valence-electron chi connectivity index (χ0n) is 26.3. The maximum atomic E-state index is 6.43. The first kappa shape index (κ1) is 32.5. The van der Waals surface area contributed by atoms with Crippen molar-refractivity contribution < 1.29 is 0 Å². The van der Waals surface area contributed by atoms with Crippen molar-refractivity contribution in [1.29, 1.82) is 0 Å². The van der Waals surface area contributed by atoms with Gasteiger partial charge in [0.15, 0.2) is 11.6 Å². The van der Waals surface area contributed by atoms with E-state index in [1.807, 2.05) is 42.5 Å². The lowest BCUT2D eigenvalue weighted by atomic mass is 9.97. The van der Waals surface area contributed by atoms with Crippen LogP contribution < -0.4 is 5.32 Å². The summed E-state index contributed by atoms with van der Waals surface area (Å²) >= 11 is 22.2. The lowest BCUT2D eigenvalue weighted by Crippen LogP contribution is -2.06. The maximum Gasteiger partial charge on any atom is 0.164 e. The van der Waals surface area contributed by atoms with E-state index in [0.717, 1.165) is 68.6 Å². The van der Waals surface area contributed by atoms with E-state index in [0.29, 0.717) is 33.4 Å². The van der Waals surface area contributed by atoms with Gasteiger partial charge in [-0.3, -0.25) is 9.97 Å². The van der Waals surface area contributed by atoms with Crippen LogP contribution in [0.1, 0.15) is 52.1 Å². The van der Waals surface area contributed by atoms with Crippen molar-refractivity contribution in [2.75, 3.05) is 5.32 Å². The molecule has 0 radical (unpaired) electrons. The number of thiophene rings is 2. The highest BCUT2D eigenvalue weighted by molar-refractivity contribution is 7.19. The zero-order valence-corrected chi connectivity index (χ0v) is 30.2. The molecule has 1 N–H and O–H groups in total. The van der Waals surface area contributed by atoms with Gasteiger partial charge in [0.1, 0.15) is 20.6 Å². The van der Waals surface area contributed by atoms with Gasteiger partial charge in [0, 0.05) is 52.2 Å². The molecule has 0 saturated heterocycles. The van der Waals surface area contributed by atoms with Crippen LogP contribution >= 0.6 is 57.5 Å². The third-order valence-corrected chi connectivity index (χ3v) is 12.3. The minimum Gasteiger partial charge on any atom is -0.365 e. The normalized spacial score (nSPS) is 13.9. The molecule has 49 heavy (non-hydrogen) atoms. The minimum atomic E-state index is 0.558. The summed E-state index contributed by atoms with van der Waals surface area (Å²) in [5.41, 5.74) is 5.66. The average molecular weight is 743 g/mol. The summed E-state index contributed by atoms with van der Waals surface area (Å²) in [4.78, 5) is 32.2. The van der Waals surface area contributed by atoms with Gasteiger partial charge in [-0.1, -0.05) is 40.9 Å². The van der Waals surface area contributed by atoms with Crippen LogP contribution in [0.2, 0.25) is 15.2 Å². The van der Waals surface area contributed by atoms with Crippen LogP contribution in [0.5, 0.6) is 0 Å². The van der Waals surface area contributed by atoms with Crippen molar-refractivity contribution in [2.24, 2.45) is 0 Å². The van der Waals surface area contributed by atoms with Gasteiger partial charge in [0.2, 0.25) is 0 Å². The predicted octanol–water partition coefficient (Wildman–Crippen LogP) is 10.8. The molecule has 7 nitrogen and oxygen atoms in total. The van der Waals surface area contributed by atoms with Crippen molar-refractivity contribution in [2.45, 2.75) is 57.9 Å². The summed E-state index contributed by atoms with van der Waals surface area (Å²) in [6.07, 6.45) is 16.5. The molecule has 0 amide bonds. The first-order chi connectivity index (χ1) is 24.0. The molecule has 0 atom stereocenters.